The Morgan fingerprint density at radius 3 is 2.15 bits per heavy atom. The summed E-state index contributed by atoms with van der Waals surface area (Å²) in [5, 5.41) is 4.56. The Labute approximate surface area is 195 Å². The fraction of sp³-hybridized carbons (Fsp3) is 0.115. The maximum atomic E-state index is 13.8. The Morgan fingerprint density at radius 1 is 0.853 bits per heavy atom. The van der Waals surface area contributed by atoms with Crippen molar-refractivity contribution in [2.75, 3.05) is 14.2 Å². The third-order valence-corrected chi connectivity index (χ3v) is 5.11. The van der Waals surface area contributed by atoms with E-state index in [-0.39, 0.29) is 29.3 Å². The average molecular weight is 460 g/mol. The molecule has 0 radical (unpaired) electrons. The van der Waals surface area contributed by atoms with Gasteiger partial charge < -0.3 is 14.2 Å². The van der Waals surface area contributed by atoms with Crippen LogP contribution < -0.4 is 4.74 Å². The number of benzene rings is 3. The first-order chi connectivity index (χ1) is 16.5. The largest absolute Gasteiger partial charge is 0.486 e. The number of methoxy groups -OCH3 is 2. The van der Waals surface area contributed by atoms with Crippen LogP contribution in [0.1, 0.15) is 26.4 Å². The van der Waals surface area contributed by atoms with Crippen LogP contribution in [0.15, 0.2) is 78.9 Å². The second kappa shape index (κ2) is 9.99. The van der Waals surface area contributed by atoms with Gasteiger partial charge in [0.15, 0.2) is 17.3 Å². The van der Waals surface area contributed by atoms with E-state index in [1.54, 1.807) is 66.7 Å². The van der Waals surface area contributed by atoms with Gasteiger partial charge in [0, 0.05) is 5.56 Å². The molecule has 4 aromatic rings. The van der Waals surface area contributed by atoms with Crippen molar-refractivity contribution in [2.45, 2.75) is 6.61 Å². The molecule has 34 heavy (non-hydrogen) atoms. The van der Waals surface area contributed by atoms with E-state index in [4.69, 9.17) is 14.2 Å². The number of nitrogens with zero attached hydrogens (tertiary/aromatic N) is 2. The van der Waals surface area contributed by atoms with Crippen molar-refractivity contribution in [3.8, 4) is 22.7 Å². The first kappa shape index (κ1) is 22.7. The van der Waals surface area contributed by atoms with E-state index in [0.717, 1.165) is 5.56 Å². The Kier molecular flexibility index (Phi) is 6.68. The SMILES string of the molecule is COC(=O)c1c(-c2ccc(COc3ccccc3F)cc2)nn(-c2ccccc2)c1C(=O)OC. The molecule has 0 aliphatic heterocycles. The highest BCUT2D eigenvalue weighted by Gasteiger charge is 2.31. The minimum Gasteiger partial charge on any atom is -0.486 e. The number of halogens is 1. The van der Waals surface area contributed by atoms with E-state index in [2.05, 4.69) is 5.10 Å². The molecule has 0 aliphatic rings. The summed E-state index contributed by atoms with van der Waals surface area (Å²) in [6, 6.07) is 22.1. The third-order valence-electron chi connectivity index (χ3n) is 5.11. The van der Waals surface area contributed by atoms with Gasteiger partial charge in [0.05, 0.1) is 19.9 Å². The van der Waals surface area contributed by atoms with Crippen LogP contribution in [0.3, 0.4) is 0 Å². The lowest BCUT2D eigenvalue weighted by atomic mass is 10.0. The van der Waals surface area contributed by atoms with Crippen LogP contribution in [-0.2, 0) is 16.1 Å². The molecule has 0 unspecified atom stereocenters. The average Bonchev–Trinajstić information content (AvgIpc) is 3.29. The second-order valence-corrected chi connectivity index (χ2v) is 7.22. The number of esters is 2. The molecule has 4 rings (SSSR count). The van der Waals surface area contributed by atoms with Gasteiger partial charge in [0.25, 0.3) is 0 Å². The van der Waals surface area contributed by atoms with E-state index < -0.39 is 17.8 Å². The molecule has 0 saturated carbocycles. The van der Waals surface area contributed by atoms with Crippen LogP contribution >= 0.6 is 0 Å². The molecule has 0 bridgehead atoms. The molecule has 8 heteroatoms. The molecular weight excluding hydrogens is 439 g/mol. The second-order valence-electron chi connectivity index (χ2n) is 7.22. The fourth-order valence-electron chi connectivity index (χ4n) is 3.44. The monoisotopic (exact) mass is 460 g/mol. The Hall–Kier alpha value is -4.46. The normalized spacial score (nSPS) is 10.6. The summed E-state index contributed by atoms with van der Waals surface area (Å²) in [6.07, 6.45) is 0. The van der Waals surface area contributed by atoms with Crippen LogP contribution in [0, 0.1) is 5.82 Å². The summed E-state index contributed by atoms with van der Waals surface area (Å²) in [6.45, 7) is 0.150. The zero-order valence-electron chi connectivity index (χ0n) is 18.5. The zero-order valence-corrected chi connectivity index (χ0v) is 18.5. The van der Waals surface area contributed by atoms with E-state index in [0.29, 0.717) is 11.3 Å². The van der Waals surface area contributed by atoms with E-state index in [1.807, 2.05) is 6.07 Å². The van der Waals surface area contributed by atoms with Gasteiger partial charge in [0.1, 0.15) is 17.9 Å². The van der Waals surface area contributed by atoms with Crippen molar-refractivity contribution in [2.24, 2.45) is 0 Å². The standard InChI is InChI=1S/C26H21FN2O5/c1-32-25(30)22-23(28-29(24(22)26(31)33-2)19-8-4-3-5-9-19)18-14-12-17(13-15-18)16-34-21-11-7-6-10-20(21)27/h3-15H,16H2,1-2H3. The molecule has 0 aliphatic carbocycles. The van der Waals surface area contributed by atoms with Gasteiger partial charge in [-0.15, -0.1) is 0 Å². The van der Waals surface area contributed by atoms with Gasteiger partial charge >= 0.3 is 11.9 Å². The summed E-state index contributed by atoms with van der Waals surface area (Å²) in [5.74, 6) is -1.73. The van der Waals surface area contributed by atoms with Crippen molar-refractivity contribution in [3.05, 3.63) is 102 Å². The number of ether oxygens (including phenoxy) is 3. The summed E-state index contributed by atoms with van der Waals surface area (Å²) >= 11 is 0. The van der Waals surface area contributed by atoms with Crippen molar-refractivity contribution < 1.29 is 28.2 Å². The molecule has 0 N–H and O–H groups in total. The molecule has 0 amide bonds. The smallest absolute Gasteiger partial charge is 0.357 e. The highest BCUT2D eigenvalue weighted by atomic mass is 19.1. The molecule has 0 saturated heterocycles. The number of hydrogen-bond donors (Lipinski definition) is 0. The van der Waals surface area contributed by atoms with Crippen molar-refractivity contribution in [1.82, 2.24) is 9.78 Å². The van der Waals surface area contributed by atoms with E-state index in [9.17, 15) is 14.0 Å². The van der Waals surface area contributed by atoms with Gasteiger partial charge in [-0.2, -0.15) is 5.10 Å². The van der Waals surface area contributed by atoms with E-state index >= 15 is 0 Å². The zero-order chi connectivity index (χ0) is 24.1. The number of rotatable bonds is 7. The van der Waals surface area contributed by atoms with Gasteiger partial charge in [-0.25, -0.2) is 18.7 Å². The summed E-state index contributed by atoms with van der Waals surface area (Å²) in [4.78, 5) is 25.4. The predicted octanol–water partition coefficient (Wildman–Crippen LogP) is 4.83. The summed E-state index contributed by atoms with van der Waals surface area (Å²) in [5.41, 5.74) is 2.15. The van der Waals surface area contributed by atoms with E-state index in [1.165, 1.54) is 25.0 Å². The highest BCUT2D eigenvalue weighted by molar-refractivity contribution is 6.06. The Morgan fingerprint density at radius 2 is 1.50 bits per heavy atom. The van der Waals surface area contributed by atoms with Crippen LogP contribution in [0.5, 0.6) is 5.75 Å². The van der Waals surface area contributed by atoms with Gasteiger partial charge in [-0.05, 0) is 29.8 Å². The number of carbonyl (C=O) groups excluding carboxylic acids is 2. The van der Waals surface area contributed by atoms with Gasteiger partial charge in [-0.1, -0.05) is 54.6 Å². The molecule has 3 aromatic carbocycles. The number of para-hydroxylation sites is 2. The molecule has 0 fully saturated rings. The number of carbonyl (C=O) groups is 2. The van der Waals surface area contributed by atoms with Crippen LogP contribution in [0.4, 0.5) is 4.39 Å². The number of aromatic nitrogens is 2. The van der Waals surface area contributed by atoms with Gasteiger partial charge in [-0.3, -0.25) is 0 Å². The predicted molar refractivity (Wildman–Crippen MR) is 122 cm³/mol. The molecule has 7 nitrogen and oxygen atoms in total. The lowest BCUT2D eigenvalue weighted by Crippen LogP contribution is -2.15. The maximum absolute atomic E-state index is 13.8. The molecule has 172 valence electrons. The molecule has 0 spiro atoms. The van der Waals surface area contributed by atoms with Crippen LogP contribution in [-0.4, -0.2) is 35.9 Å². The van der Waals surface area contributed by atoms with Gasteiger partial charge in [0.2, 0.25) is 0 Å². The third kappa shape index (κ3) is 4.52. The Bertz CT molecular complexity index is 1320. The quantitative estimate of drug-likeness (QED) is 0.368. The maximum Gasteiger partial charge on any atom is 0.357 e. The fourth-order valence-corrected chi connectivity index (χ4v) is 3.44. The summed E-state index contributed by atoms with van der Waals surface area (Å²) in [7, 11) is 2.46. The van der Waals surface area contributed by atoms with Crippen molar-refractivity contribution >= 4 is 11.9 Å². The minimum absolute atomic E-state index is 0.00596. The molecule has 1 heterocycles. The highest BCUT2D eigenvalue weighted by Crippen LogP contribution is 2.29. The lowest BCUT2D eigenvalue weighted by molar-refractivity contribution is 0.0549. The van der Waals surface area contributed by atoms with Crippen molar-refractivity contribution in [3.63, 3.8) is 0 Å². The summed E-state index contributed by atoms with van der Waals surface area (Å²) < 4.78 is 30.6. The first-order valence-electron chi connectivity index (χ1n) is 10.3. The Balaban J connectivity index is 1.73. The van der Waals surface area contributed by atoms with Crippen LogP contribution in [0.25, 0.3) is 16.9 Å². The topological polar surface area (TPSA) is 79.7 Å². The molecule has 1 aromatic heterocycles. The number of hydrogen-bond acceptors (Lipinski definition) is 6. The molecule has 0 atom stereocenters. The first-order valence-corrected chi connectivity index (χ1v) is 10.3. The van der Waals surface area contributed by atoms with Crippen molar-refractivity contribution in [1.29, 1.82) is 0 Å². The van der Waals surface area contributed by atoms with Crippen LogP contribution in [0.2, 0.25) is 0 Å². The molecular formula is C26H21FN2O5. The minimum atomic E-state index is -0.724. The lowest BCUT2D eigenvalue weighted by Gasteiger charge is -2.08.